The van der Waals surface area contributed by atoms with E-state index in [9.17, 15) is 19.0 Å². The molecule has 0 amide bonds. The van der Waals surface area contributed by atoms with Crippen LogP contribution in [-0.4, -0.2) is 56.3 Å². The normalized spacial score (nSPS) is 13.5. The number of phosphoric ester groups is 1. The molecule has 0 rings (SSSR count). The summed E-state index contributed by atoms with van der Waals surface area (Å²) in [5, 5.41) is 2.83. The van der Waals surface area contributed by atoms with Gasteiger partial charge in [0.25, 0.3) is 0 Å². The molecule has 0 aliphatic heterocycles. The van der Waals surface area contributed by atoms with Gasteiger partial charge in [-0.2, -0.15) is 0 Å². The van der Waals surface area contributed by atoms with E-state index in [1.165, 1.54) is 128 Å². The van der Waals surface area contributed by atoms with Crippen molar-refractivity contribution in [2.75, 3.05) is 33.4 Å². The Labute approximate surface area is 356 Å². The second-order valence-corrected chi connectivity index (χ2v) is 17.4. The minimum Gasteiger partial charge on any atom is -0.462 e. The molecule has 58 heavy (non-hydrogen) atoms. The Morgan fingerprint density at radius 2 is 0.931 bits per heavy atom. The fourth-order valence-electron chi connectivity index (χ4n) is 6.58. The van der Waals surface area contributed by atoms with Gasteiger partial charge in [-0.15, -0.1) is 0 Å². The number of nitrogens with one attached hydrogen (secondary N) is 1. The SMILES string of the molecule is CCCCC/C=C\C/C=C\CCCCCCCC(=O)OCC(COP(=O)(O)OCCNC)OC(=O)CCCCCCCCCCCCC/C=C\CCCCCCCC. The number of likely N-dealkylation sites (N-methyl/N-ethyl adjacent to an activating group) is 1. The maximum atomic E-state index is 12.7. The van der Waals surface area contributed by atoms with Crippen LogP contribution in [0, 0.1) is 0 Å². The molecule has 0 aromatic rings. The Bertz CT molecular complexity index is 1050. The van der Waals surface area contributed by atoms with Crippen LogP contribution in [-0.2, 0) is 32.7 Å². The molecule has 0 aliphatic rings. The predicted octanol–water partition coefficient (Wildman–Crippen LogP) is 14.0. The first-order valence-electron chi connectivity index (χ1n) is 23.9. The molecule has 0 fully saturated rings. The van der Waals surface area contributed by atoms with Crippen molar-refractivity contribution in [1.29, 1.82) is 0 Å². The molecule has 9 nitrogen and oxygen atoms in total. The molecule has 10 heteroatoms. The van der Waals surface area contributed by atoms with E-state index >= 15 is 0 Å². The van der Waals surface area contributed by atoms with Crippen molar-refractivity contribution in [1.82, 2.24) is 5.32 Å². The zero-order valence-electron chi connectivity index (χ0n) is 37.7. The number of unbranched alkanes of at least 4 members (excludes halogenated alkanes) is 25. The molecule has 2 unspecified atom stereocenters. The molecular formula is C48H90NO8P. The molecule has 2 atom stereocenters. The summed E-state index contributed by atoms with van der Waals surface area (Å²) < 4.78 is 33.3. The average Bonchev–Trinajstić information content (AvgIpc) is 3.21. The molecule has 0 aliphatic carbocycles. The fourth-order valence-corrected chi connectivity index (χ4v) is 7.33. The van der Waals surface area contributed by atoms with E-state index in [0.717, 1.165) is 57.8 Å². The van der Waals surface area contributed by atoms with Crippen LogP contribution >= 0.6 is 7.82 Å². The lowest BCUT2D eigenvalue weighted by atomic mass is 10.0. The van der Waals surface area contributed by atoms with Gasteiger partial charge in [0.05, 0.1) is 13.2 Å². The molecule has 0 spiro atoms. The summed E-state index contributed by atoms with van der Waals surface area (Å²) >= 11 is 0. The number of carbonyl (C=O) groups excluding carboxylic acids is 2. The van der Waals surface area contributed by atoms with Crippen molar-refractivity contribution >= 4 is 19.8 Å². The number of allylic oxidation sites excluding steroid dienone is 6. The van der Waals surface area contributed by atoms with Crippen LogP contribution < -0.4 is 5.32 Å². The number of hydrogen-bond acceptors (Lipinski definition) is 8. The minimum absolute atomic E-state index is 0.0191. The Hall–Kier alpha value is -1.77. The number of rotatable bonds is 45. The summed E-state index contributed by atoms with van der Waals surface area (Å²) in [6, 6.07) is 0. The highest BCUT2D eigenvalue weighted by molar-refractivity contribution is 7.47. The van der Waals surface area contributed by atoms with Crippen LogP contribution in [0.15, 0.2) is 36.5 Å². The lowest BCUT2D eigenvalue weighted by molar-refractivity contribution is -0.161. The molecule has 0 radical (unpaired) electrons. The standard InChI is InChI=1S/C48H90NO8P/c1-4-6-8-10-12-14-16-18-20-21-22-23-24-25-27-29-31-33-35-37-39-41-48(51)57-46(45-56-58(52,53)55-43-42-49-3)44-54-47(50)40-38-36-34-32-30-28-26-19-17-15-13-11-9-7-5-2/h13,15,18-20,26,46,49H,4-12,14,16-17,21-25,27-45H2,1-3H3,(H,52,53)/b15-13-,20-18-,26-19-. The fraction of sp³-hybridized carbons (Fsp3) is 0.833. The zero-order chi connectivity index (χ0) is 42.5. The number of ether oxygens (including phenoxy) is 2. The van der Waals surface area contributed by atoms with Gasteiger partial charge in [-0.25, -0.2) is 4.57 Å². The lowest BCUT2D eigenvalue weighted by Crippen LogP contribution is -2.29. The first-order valence-corrected chi connectivity index (χ1v) is 25.4. The summed E-state index contributed by atoms with van der Waals surface area (Å²) in [5.41, 5.74) is 0. The summed E-state index contributed by atoms with van der Waals surface area (Å²) in [6.07, 6.45) is 49.0. The molecule has 0 heterocycles. The highest BCUT2D eigenvalue weighted by Crippen LogP contribution is 2.43. The van der Waals surface area contributed by atoms with Gasteiger partial charge in [-0.1, -0.05) is 172 Å². The topological polar surface area (TPSA) is 120 Å². The van der Waals surface area contributed by atoms with E-state index < -0.39 is 26.5 Å². The maximum Gasteiger partial charge on any atom is 0.472 e. The number of phosphoric acid groups is 1. The van der Waals surface area contributed by atoms with Crippen molar-refractivity contribution in [3.05, 3.63) is 36.5 Å². The van der Waals surface area contributed by atoms with Gasteiger partial charge in [-0.3, -0.25) is 18.6 Å². The van der Waals surface area contributed by atoms with Gasteiger partial charge in [0, 0.05) is 19.4 Å². The largest absolute Gasteiger partial charge is 0.472 e. The van der Waals surface area contributed by atoms with Crippen LogP contribution in [0.1, 0.15) is 219 Å². The van der Waals surface area contributed by atoms with Gasteiger partial charge in [0.1, 0.15) is 6.61 Å². The van der Waals surface area contributed by atoms with Crippen molar-refractivity contribution in [3.63, 3.8) is 0 Å². The van der Waals surface area contributed by atoms with Crippen LogP contribution in [0.2, 0.25) is 0 Å². The monoisotopic (exact) mass is 840 g/mol. The number of carbonyl (C=O) groups is 2. The molecule has 0 aromatic carbocycles. The van der Waals surface area contributed by atoms with Gasteiger partial charge in [0.15, 0.2) is 6.10 Å². The molecule has 340 valence electrons. The molecule has 0 aromatic heterocycles. The van der Waals surface area contributed by atoms with Gasteiger partial charge >= 0.3 is 19.8 Å². The van der Waals surface area contributed by atoms with E-state index in [0.29, 0.717) is 13.0 Å². The molecule has 0 bridgehead atoms. The zero-order valence-corrected chi connectivity index (χ0v) is 38.6. The first-order chi connectivity index (χ1) is 28.3. The molecule has 0 saturated carbocycles. The van der Waals surface area contributed by atoms with E-state index in [-0.39, 0.29) is 32.0 Å². The smallest absolute Gasteiger partial charge is 0.462 e. The number of esters is 2. The summed E-state index contributed by atoms with van der Waals surface area (Å²) in [4.78, 5) is 35.1. The maximum absolute atomic E-state index is 12.7. The van der Waals surface area contributed by atoms with Gasteiger partial charge in [-0.05, 0) is 77.7 Å². The van der Waals surface area contributed by atoms with E-state index in [2.05, 4.69) is 55.6 Å². The predicted molar refractivity (Wildman–Crippen MR) is 243 cm³/mol. The highest BCUT2D eigenvalue weighted by atomic mass is 31.2. The Balaban J connectivity index is 4.15. The summed E-state index contributed by atoms with van der Waals surface area (Å²) in [5.74, 6) is -0.818. The number of hydrogen-bond donors (Lipinski definition) is 2. The van der Waals surface area contributed by atoms with Crippen molar-refractivity contribution in [3.8, 4) is 0 Å². The lowest BCUT2D eigenvalue weighted by Gasteiger charge is -2.20. The Morgan fingerprint density at radius 3 is 1.41 bits per heavy atom. The van der Waals surface area contributed by atoms with E-state index in [4.69, 9.17) is 18.5 Å². The Morgan fingerprint density at radius 1 is 0.534 bits per heavy atom. The highest BCUT2D eigenvalue weighted by Gasteiger charge is 2.26. The quantitative estimate of drug-likeness (QED) is 0.0267. The Kier molecular flexibility index (Phi) is 43.4. The summed E-state index contributed by atoms with van der Waals surface area (Å²) in [7, 11) is -2.65. The third-order valence-corrected chi connectivity index (χ3v) is 11.2. The third kappa shape index (κ3) is 43.8. The minimum atomic E-state index is -4.35. The van der Waals surface area contributed by atoms with E-state index in [1.807, 2.05) is 0 Å². The molecule has 2 N–H and O–H groups in total. The van der Waals surface area contributed by atoms with Crippen molar-refractivity contribution < 1.29 is 37.6 Å². The van der Waals surface area contributed by atoms with Crippen LogP contribution in [0.4, 0.5) is 0 Å². The van der Waals surface area contributed by atoms with E-state index in [1.54, 1.807) is 7.05 Å². The van der Waals surface area contributed by atoms with Gasteiger partial charge < -0.3 is 19.7 Å². The van der Waals surface area contributed by atoms with Crippen molar-refractivity contribution in [2.24, 2.45) is 0 Å². The second-order valence-electron chi connectivity index (χ2n) is 15.9. The van der Waals surface area contributed by atoms with Crippen LogP contribution in [0.25, 0.3) is 0 Å². The molecular weight excluding hydrogens is 750 g/mol. The van der Waals surface area contributed by atoms with Crippen LogP contribution in [0.5, 0.6) is 0 Å². The average molecular weight is 840 g/mol. The second kappa shape index (κ2) is 44.8. The summed E-state index contributed by atoms with van der Waals surface area (Å²) in [6.45, 7) is 4.20. The van der Waals surface area contributed by atoms with Crippen molar-refractivity contribution in [2.45, 2.75) is 225 Å². The first kappa shape index (κ1) is 56.2. The third-order valence-electron chi connectivity index (χ3n) is 10.2. The van der Waals surface area contributed by atoms with Gasteiger partial charge in [0.2, 0.25) is 0 Å². The van der Waals surface area contributed by atoms with Crippen LogP contribution in [0.3, 0.4) is 0 Å². The molecule has 0 saturated heterocycles.